The van der Waals surface area contributed by atoms with Gasteiger partial charge in [0.15, 0.2) is 0 Å². The Labute approximate surface area is 123 Å². The Balaban J connectivity index is 0.00000225. The van der Waals surface area contributed by atoms with Gasteiger partial charge in [-0.2, -0.15) is 0 Å². The van der Waals surface area contributed by atoms with Crippen molar-refractivity contribution in [3.05, 3.63) is 31.8 Å². The number of halogens is 3. The fourth-order valence-corrected chi connectivity index (χ4v) is 2.01. The highest BCUT2D eigenvalue weighted by atomic mass is 127. The second-order valence-corrected chi connectivity index (χ2v) is 5.10. The van der Waals surface area contributed by atoms with E-state index < -0.39 is 0 Å². The minimum absolute atomic E-state index is 0. The largest absolute Gasteiger partial charge is 0.352 e. The lowest BCUT2D eigenvalue weighted by atomic mass is 10.2. The van der Waals surface area contributed by atoms with Gasteiger partial charge in [0.05, 0.1) is 5.56 Å². The van der Waals surface area contributed by atoms with Gasteiger partial charge in [0, 0.05) is 14.6 Å². The molecule has 0 aliphatic rings. The Morgan fingerprint density at radius 2 is 2.19 bits per heavy atom. The lowest BCUT2D eigenvalue weighted by molar-refractivity contribution is 0.0952. The maximum Gasteiger partial charge on any atom is 0.252 e. The van der Waals surface area contributed by atoms with Crippen LogP contribution in [-0.2, 0) is 0 Å². The fourth-order valence-electron chi connectivity index (χ4n) is 1.07. The number of nitrogens with one attached hydrogen (secondary N) is 1. The van der Waals surface area contributed by atoms with Crippen molar-refractivity contribution in [1.82, 2.24) is 5.32 Å². The van der Waals surface area contributed by atoms with E-state index in [9.17, 15) is 4.79 Å². The second kappa shape index (κ2) is 8.27. The number of hydrogen-bond donors (Lipinski definition) is 2. The van der Waals surface area contributed by atoms with E-state index in [2.05, 4.69) is 43.8 Å². The summed E-state index contributed by atoms with van der Waals surface area (Å²) in [6.45, 7) is 1.22. The smallest absolute Gasteiger partial charge is 0.252 e. The normalized spacial score (nSPS) is 9.44. The van der Waals surface area contributed by atoms with Gasteiger partial charge in [-0.1, -0.05) is 15.9 Å². The summed E-state index contributed by atoms with van der Waals surface area (Å²) in [7, 11) is 0. The molecule has 1 aromatic carbocycles. The van der Waals surface area contributed by atoms with Crippen molar-refractivity contribution in [3.63, 3.8) is 0 Å². The molecular formula is C10H13BrClIN2O. The third kappa shape index (κ3) is 4.99. The standard InChI is InChI=1S/C10H12BrIN2O.ClH/c11-7-2-3-9(12)8(6-7)10(15)14-5-1-4-13;/h2-3,6H,1,4-5,13H2,(H,14,15);1H. The Bertz CT molecular complexity index is 363. The van der Waals surface area contributed by atoms with E-state index in [1.807, 2.05) is 18.2 Å². The minimum Gasteiger partial charge on any atom is -0.352 e. The minimum atomic E-state index is -0.0471. The molecule has 16 heavy (non-hydrogen) atoms. The molecule has 0 spiro atoms. The van der Waals surface area contributed by atoms with Gasteiger partial charge in [-0.15, -0.1) is 12.4 Å². The predicted octanol–water partition coefficient (Wildman–Crippen LogP) is 2.55. The summed E-state index contributed by atoms with van der Waals surface area (Å²) in [5, 5.41) is 2.82. The van der Waals surface area contributed by atoms with Gasteiger partial charge in [-0.25, -0.2) is 0 Å². The molecule has 0 aromatic heterocycles. The van der Waals surface area contributed by atoms with E-state index in [-0.39, 0.29) is 18.3 Å². The SMILES string of the molecule is Cl.NCCCNC(=O)c1cc(Br)ccc1I. The van der Waals surface area contributed by atoms with Crippen LogP contribution >= 0.6 is 50.9 Å². The van der Waals surface area contributed by atoms with Gasteiger partial charge in [0.1, 0.15) is 0 Å². The average Bonchev–Trinajstić information content (AvgIpc) is 2.22. The zero-order valence-electron chi connectivity index (χ0n) is 8.50. The van der Waals surface area contributed by atoms with E-state index in [4.69, 9.17) is 5.73 Å². The van der Waals surface area contributed by atoms with Crippen molar-refractivity contribution in [1.29, 1.82) is 0 Å². The molecule has 0 fully saturated rings. The number of nitrogens with two attached hydrogens (primary N) is 1. The van der Waals surface area contributed by atoms with Crippen LogP contribution < -0.4 is 11.1 Å². The van der Waals surface area contributed by atoms with Crippen molar-refractivity contribution in [2.45, 2.75) is 6.42 Å². The highest BCUT2D eigenvalue weighted by Gasteiger charge is 2.09. The van der Waals surface area contributed by atoms with Crippen LogP contribution in [0.1, 0.15) is 16.8 Å². The Morgan fingerprint density at radius 3 is 2.81 bits per heavy atom. The zero-order chi connectivity index (χ0) is 11.3. The molecule has 1 amide bonds. The highest BCUT2D eigenvalue weighted by molar-refractivity contribution is 14.1. The van der Waals surface area contributed by atoms with Crippen molar-refractivity contribution in [2.24, 2.45) is 5.73 Å². The van der Waals surface area contributed by atoms with E-state index in [0.717, 1.165) is 14.5 Å². The summed E-state index contributed by atoms with van der Waals surface area (Å²) in [6.07, 6.45) is 0.802. The molecule has 1 aromatic rings. The first-order valence-corrected chi connectivity index (χ1v) is 6.45. The maximum absolute atomic E-state index is 11.7. The summed E-state index contributed by atoms with van der Waals surface area (Å²) in [5.74, 6) is -0.0471. The van der Waals surface area contributed by atoms with Gasteiger partial charge in [0.2, 0.25) is 0 Å². The topological polar surface area (TPSA) is 55.1 Å². The zero-order valence-corrected chi connectivity index (χ0v) is 13.1. The first-order chi connectivity index (χ1) is 7.15. The molecule has 3 nitrogen and oxygen atoms in total. The third-order valence-electron chi connectivity index (χ3n) is 1.84. The van der Waals surface area contributed by atoms with Crippen LogP contribution in [0.15, 0.2) is 22.7 Å². The van der Waals surface area contributed by atoms with Gasteiger partial charge >= 0.3 is 0 Å². The van der Waals surface area contributed by atoms with Crippen molar-refractivity contribution in [2.75, 3.05) is 13.1 Å². The molecule has 3 N–H and O–H groups in total. The molecule has 0 atom stereocenters. The first-order valence-electron chi connectivity index (χ1n) is 4.58. The summed E-state index contributed by atoms with van der Waals surface area (Å²) in [4.78, 5) is 11.7. The number of amides is 1. The highest BCUT2D eigenvalue weighted by Crippen LogP contribution is 2.18. The molecule has 0 radical (unpaired) electrons. The first kappa shape index (κ1) is 16.1. The van der Waals surface area contributed by atoms with Gasteiger partial charge in [-0.3, -0.25) is 4.79 Å². The van der Waals surface area contributed by atoms with Crippen LogP contribution in [0.5, 0.6) is 0 Å². The molecular weight excluding hydrogens is 406 g/mol. The van der Waals surface area contributed by atoms with Crippen LogP contribution in [-0.4, -0.2) is 19.0 Å². The van der Waals surface area contributed by atoms with Crippen LogP contribution in [0.4, 0.5) is 0 Å². The fraction of sp³-hybridized carbons (Fsp3) is 0.300. The third-order valence-corrected chi connectivity index (χ3v) is 3.27. The second-order valence-electron chi connectivity index (χ2n) is 3.02. The van der Waals surface area contributed by atoms with Crippen LogP contribution in [0.25, 0.3) is 0 Å². The number of hydrogen-bond acceptors (Lipinski definition) is 2. The van der Waals surface area contributed by atoms with Crippen LogP contribution in [0.2, 0.25) is 0 Å². The maximum atomic E-state index is 11.7. The summed E-state index contributed by atoms with van der Waals surface area (Å²) < 4.78 is 1.85. The molecule has 90 valence electrons. The molecule has 0 heterocycles. The number of benzene rings is 1. The van der Waals surface area contributed by atoms with Crippen LogP contribution in [0.3, 0.4) is 0 Å². The molecule has 0 saturated carbocycles. The summed E-state index contributed by atoms with van der Waals surface area (Å²) in [6, 6.07) is 5.64. The number of rotatable bonds is 4. The van der Waals surface area contributed by atoms with Crippen molar-refractivity contribution in [3.8, 4) is 0 Å². The predicted molar refractivity (Wildman–Crippen MR) is 80.1 cm³/mol. The summed E-state index contributed by atoms with van der Waals surface area (Å²) >= 11 is 5.49. The van der Waals surface area contributed by atoms with Crippen molar-refractivity contribution < 1.29 is 4.79 Å². The quantitative estimate of drug-likeness (QED) is 0.582. The Hall–Kier alpha value is 0.150. The molecule has 1 rings (SSSR count). The Morgan fingerprint density at radius 1 is 1.50 bits per heavy atom. The van der Waals surface area contributed by atoms with E-state index in [0.29, 0.717) is 18.7 Å². The van der Waals surface area contributed by atoms with E-state index >= 15 is 0 Å². The van der Waals surface area contributed by atoms with E-state index in [1.54, 1.807) is 0 Å². The molecule has 0 bridgehead atoms. The molecule has 0 saturated heterocycles. The lowest BCUT2D eigenvalue weighted by Gasteiger charge is -2.06. The van der Waals surface area contributed by atoms with Gasteiger partial charge < -0.3 is 11.1 Å². The van der Waals surface area contributed by atoms with Crippen molar-refractivity contribution >= 4 is 56.8 Å². The van der Waals surface area contributed by atoms with Crippen LogP contribution in [0, 0.1) is 3.57 Å². The molecule has 6 heteroatoms. The molecule has 0 aliphatic carbocycles. The van der Waals surface area contributed by atoms with Gasteiger partial charge in [0.25, 0.3) is 5.91 Å². The molecule has 0 unspecified atom stereocenters. The van der Waals surface area contributed by atoms with E-state index in [1.165, 1.54) is 0 Å². The summed E-state index contributed by atoms with van der Waals surface area (Å²) in [5.41, 5.74) is 6.04. The molecule has 0 aliphatic heterocycles. The lowest BCUT2D eigenvalue weighted by Crippen LogP contribution is -2.26. The average molecular weight is 419 g/mol. The monoisotopic (exact) mass is 418 g/mol. The number of carbonyl (C=O) groups excluding carboxylic acids is 1. The number of carbonyl (C=O) groups is 1. The van der Waals surface area contributed by atoms with Gasteiger partial charge in [-0.05, 0) is 53.8 Å². The Kier molecular flexibility index (Phi) is 8.35.